The van der Waals surface area contributed by atoms with Crippen molar-refractivity contribution in [3.63, 3.8) is 0 Å². The highest BCUT2D eigenvalue weighted by Crippen LogP contribution is 2.31. The Labute approximate surface area is 118 Å². The Morgan fingerprint density at radius 1 is 1.50 bits per heavy atom. The van der Waals surface area contributed by atoms with Crippen molar-refractivity contribution < 1.29 is 4.39 Å². The van der Waals surface area contributed by atoms with Gasteiger partial charge in [0.1, 0.15) is 5.82 Å². The highest BCUT2D eigenvalue weighted by atomic mass is 79.9. The predicted octanol–water partition coefficient (Wildman–Crippen LogP) is 3.63. The fourth-order valence-electron chi connectivity index (χ4n) is 1.67. The van der Waals surface area contributed by atoms with Crippen molar-refractivity contribution >= 4 is 33.2 Å². The van der Waals surface area contributed by atoms with E-state index >= 15 is 0 Å². The number of benzene rings is 1. The van der Waals surface area contributed by atoms with E-state index in [2.05, 4.69) is 26.3 Å². The second-order valence-electron chi connectivity index (χ2n) is 3.87. The number of halogens is 3. The number of aromatic nitrogens is 2. The first-order valence-corrected chi connectivity index (χ1v) is 6.60. The molecule has 0 unspecified atom stereocenters. The third-order valence-electron chi connectivity index (χ3n) is 2.61. The molecule has 1 heterocycles. The van der Waals surface area contributed by atoms with Crippen LogP contribution in [0.4, 0.5) is 10.1 Å². The Morgan fingerprint density at radius 3 is 2.89 bits per heavy atom. The molecule has 0 radical (unpaired) electrons. The maximum Gasteiger partial charge on any atom is 0.125 e. The van der Waals surface area contributed by atoms with E-state index in [1.807, 2.05) is 17.8 Å². The summed E-state index contributed by atoms with van der Waals surface area (Å²) in [6.45, 7) is 0.698. The van der Waals surface area contributed by atoms with Crippen LogP contribution in [0.25, 0.3) is 0 Å². The largest absolute Gasteiger partial charge is 0.383 e. The van der Waals surface area contributed by atoms with Crippen LogP contribution < -0.4 is 5.32 Å². The van der Waals surface area contributed by atoms with Crippen LogP contribution in [-0.4, -0.2) is 16.3 Å². The van der Waals surface area contributed by atoms with E-state index in [-0.39, 0.29) is 5.82 Å². The zero-order valence-corrected chi connectivity index (χ0v) is 12.1. The monoisotopic (exact) mass is 331 g/mol. The summed E-state index contributed by atoms with van der Waals surface area (Å²) >= 11 is 9.26. The van der Waals surface area contributed by atoms with Crippen molar-refractivity contribution in [1.29, 1.82) is 0 Å². The van der Waals surface area contributed by atoms with Gasteiger partial charge in [-0.1, -0.05) is 11.6 Å². The minimum Gasteiger partial charge on any atom is -0.383 e. The smallest absolute Gasteiger partial charge is 0.125 e. The van der Waals surface area contributed by atoms with Gasteiger partial charge >= 0.3 is 0 Å². The summed E-state index contributed by atoms with van der Waals surface area (Å²) in [6, 6.07) is 4.64. The van der Waals surface area contributed by atoms with Gasteiger partial charge in [0.05, 0.1) is 10.7 Å². The zero-order chi connectivity index (χ0) is 13.1. The first-order chi connectivity index (χ1) is 8.58. The van der Waals surface area contributed by atoms with Gasteiger partial charge in [-0.25, -0.2) is 4.39 Å². The molecule has 2 rings (SSSR count). The minimum absolute atomic E-state index is 0.357. The van der Waals surface area contributed by atoms with Gasteiger partial charge in [0.15, 0.2) is 0 Å². The minimum atomic E-state index is -0.357. The average Bonchev–Trinajstić information content (AvgIpc) is 2.68. The summed E-state index contributed by atoms with van der Waals surface area (Å²) < 4.78 is 15.5. The number of anilines is 1. The highest BCUT2D eigenvalue weighted by molar-refractivity contribution is 9.10. The van der Waals surface area contributed by atoms with E-state index in [9.17, 15) is 4.39 Å². The molecule has 1 N–H and O–H groups in total. The Hall–Kier alpha value is -1.07. The van der Waals surface area contributed by atoms with E-state index in [1.54, 1.807) is 6.20 Å². The van der Waals surface area contributed by atoms with Crippen molar-refractivity contribution in [1.82, 2.24) is 9.78 Å². The van der Waals surface area contributed by atoms with Gasteiger partial charge < -0.3 is 5.32 Å². The zero-order valence-electron chi connectivity index (χ0n) is 9.75. The maximum absolute atomic E-state index is 13.1. The van der Waals surface area contributed by atoms with Gasteiger partial charge in [0.25, 0.3) is 0 Å². The van der Waals surface area contributed by atoms with Gasteiger partial charge in [0, 0.05) is 36.4 Å². The van der Waals surface area contributed by atoms with Crippen LogP contribution >= 0.6 is 27.5 Å². The standard InChI is InChI=1S/C12H12BrClFN3/c1-18-9(3-5-17-18)2-4-16-12-10(13)6-8(15)7-11(12)14/h3,5-7,16H,2,4H2,1H3. The molecular weight excluding hydrogens is 321 g/mol. The van der Waals surface area contributed by atoms with Crippen LogP contribution in [0.15, 0.2) is 28.9 Å². The van der Waals surface area contributed by atoms with Crippen LogP contribution in [-0.2, 0) is 13.5 Å². The molecule has 2 aromatic rings. The molecule has 0 fully saturated rings. The van der Waals surface area contributed by atoms with Crippen molar-refractivity contribution in [2.24, 2.45) is 7.05 Å². The fourth-order valence-corrected chi connectivity index (χ4v) is 2.63. The van der Waals surface area contributed by atoms with Crippen LogP contribution in [0.3, 0.4) is 0 Å². The van der Waals surface area contributed by atoms with Gasteiger partial charge in [0.2, 0.25) is 0 Å². The number of rotatable bonds is 4. The molecule has 18 heavy (non-hydrogen) atoms. The lowest BCUT2D eigenvalue weighted by Gasteiger charge is -2.10. The molecule has 0 aliphatic carbocycles. The molecule has 0 aliphatic rings. The molecule has 0 amide bonds. The summed E-state index contributed by atoms with van der Waals surface area (Å²) in [6.07, 6.45) is 2.58. The van der Waals surface area contributed by atoms with E-state index in [0.717, 1.165) is 12.1 Å². The SMILES string of the molecule is Cn1nccc1CCNc1c(Cl)cc(F)cc1Br. The average molecular weight is 333 g/mol. The summed E-state index contributed by atoms with van der Waals surface area (Å²) in [4.78, 5) is 0. The lowest BCUT2D eigenvalue weighted by Crippen LogP contribution is -2.09. The molecule has 0 aliphatic heterocycles. The van der Waals surface area contributed by atoms with E-state index in [4.69, 9.17) is 11.6 Å². The molecule has 1 aromatic carbocycles. The lowest BCUT2D eigenvalue weighted by atomic mass is 10.2. The molecule has 6 heteroatoms. The molecule has 0 spiro atoms. The molecule has 3 nitrogen and oxygen atoms in total. The van der Waals surface area contributed by atoms with Crippen LogP contribution in [0.2, 0.25) is 5.02 Å². The van der Waals surface area contributed by atoms with E-state index < -0.39 is 0 Å². The summed E-state index contributed by atoms with van der Waals surface area (Å²) in [5.74, 6) is -0.357. The fraction of sp³-hybridized carbons (Fsp3) is 0.250. The second-order valence-corrected chi connectivity index (χ2v) is 5.13. The van der Waals surface area contributed by atoms with Crippen molar-refractivity contribution in [3.05, 3.63) is 45.4 Å². The predicted molar refractivity (Wildman–Crippen MR) is 74.5 cm³/mol. The number of nitrogens with zero attached hydrogens (tertiary/aromatic N) is 2. The molecule has 0 saturated carbocycles. The van der Waals surface area contributed by atoms with Crippen molar-refractivity contribution in [2.45, 2.75) is 6.42 Å². The molecule has 0 atom stereocenters. The first kappa shape index (κ1) is 13.4. The summed E-state index contributed by atoms with van der Waals surface area (Å²) in [5, 5.41) is 7.65. The summed E-state index contributed by atoms with van der Waals surface area (Å²) in [5.41, 5.74) is 1.83. The van der Waals surface area contributed by atoms with E-state index in [1.165, 1.54) is 12.1 Å². The number of aryl methyl sites for hydroxylation is 1. The Bertz CT molecular complexity index is 533. The normalized spacial score (nSPS) is 10.7. The third-order valence-corrected chi connectivity index (χ3v) is 3.54. The molecule has 0 bridgehead atoms. The second kappa shape index (κ2) is 5.71. The maximum atomic E-state index is 13.1. The molecule has 1 aromatic heterocycles. The number of nitrogens with one attached hydrogen (secondary N) is 1. The summed E-state index contributed by atoms with van der Waals surface area (Å²) in [7, 11) is 1.90. The van der Waals surface area contributed by atoms with Gasteiger partial charge in [-0.2, -0.15) is 5.10 Å². The Balaban J connectivity index is 2.01. The van der Waals surface area contributed by atoms with Crippen LogP contribution in [0.1, 0.15) is 5.69 Å². The number of hydrogen-bond donors (Lipinski definition) is 1. The quantitative estimate of drug-likeness (QED) is 0.926. The Kier molecular flexibility index (Phi) is 4.24. The van der Waals surface area contributed by atoms with Crippen molar-refractivity contribution in [2.75, 3.05) is 11.9 Å². The van der Waals surface area contributed by atoms with Crippen LogP contribution in [0, 0.1) is 5.82 Å². The van der Waals surface area contributed by atoms with Gasteiger partial charge in [-0.05, 0) is 34.1 Å². The van der Waals surface area contributed by atoms with Crippen molar-refractivity contribution in [3.8, 4) is 0 Å². The number of hydrogen-bond acceptors (Lipinski definition) is 2. The van der Waals surface area contributed by atoms with Crippen LogP contribution in [0.5, 0.6) is 0 Å². The molecule has 96 valence electrons. The van der Waals surface area contributed by atoms with E-state index in [0.29, 0.717) is 21.7 Å². The lowest BCUT2D eigenvalue weighted by molar-refractivity contribution is 0.627. The third kappa shape index (κ3) is 3.03. The first-order valence-electron chi connectivity index (χ1n) is 5.43. The van der Waals surface area contributed by atoms with Gasteiger partial charge in [-0.15, -0.1) is 0 Å². The molecular formula is C12H12BrClFN3. The topological polar surface area (TPSA) is 29.9 Å². The Morgan fingerprint density at radius 2 is 2.28 bits per heavy atom. The van der Waals surface area contributed by atoms with Gasteiger partial charge in [-0.3, -0.25) is 4.68 Å². The highest BCUT2D eigenvalue weighted by Gasteiger charge is 2.07. The molecule has 0 saturated heterocycles.